The van der Waals surface area contributed by atoms with Crippen LogP contribution >= 0.6 is 24.0 Å². The monoisotopic (exact) mass is 535 g/mol. The highest BCUT2D eigenvalue weighted by Gasteiger charge is 2.13. The molecule has 1 aliphatic rings. The number of halogens is 1. The highest BCUT2D eigenvalue weighted by molar-refractivity contribution is 14.0. The molecule has 1 saturated heterocycles. The molecular formula is C22H30IN7O. The van der Waals surface area contributed by atoms with E-state index in [2.05, 4.69) is 56.9 Å². The molecule has 0 aliphatic carbocycles. The van der Waals surface area contributed by atoms with E-state index in [-0.39, 0.29) is 24.0 Å². The molecule has 0 spiro atoms. The van der Waals surface area contributed by atoms with Crippen LogP contribution in [0.1, 0.15) is 23.9 Å². The van der Waals surface area contributed by atoms with E-state index in [1.54, 1.807) is 0 Å². The van der Waals surface area contributed by atoms with Gasteiger partial charge in [0.05, 0.1) is 26.3 Å². The molecular weight excluding hydrogens is 505 g/mol. The quantitative estimate of drug-likeness (QED) is 0.275. The third-order valence-electron chi connectivity index (χ3n) is 5.17. The maximum absolute atomic E-state index is 5.47. The fraction of sp³-hybridized carbons (Fsp3) is 0.409. The van der Waals surface area contributed by atoms with Crippen LogP contribution in [0, 0.1) is 0 Å². The Morgan fingerprint density at radius 2 is 1.81 bits per heavy atom. The second-order valence-electron chi connectivity index (χ2n) is 7.25. The minimum Gasteiger partial charge on any atom is -0.379 e. The Kier molecular flexibility index (Phi) is 9.04. The van der Waals surface area contributed by atoms with Crippen LogP contribution < -0.4 is 10.6 Å². The summed E-state index contributed by atoms with van der Waals surface area (Å²) in [6, 6.07) is 14.4. The Hall–Kier alpha value is -2.24. The Balaban J connectivity index is 0.00000272. The van der Waals surface area contributed by atoms with Crippen molar-refractivity contribution < 1.29 is 4.74 Å². The Morgan fingerprint density at radius 1 is 1.03 bits per heavy atom. The van der Waals surface area contributed by atoms with Crippen molar-refractivity contribution in [1.82, 2.24) is 30.1 Å². The molecule has 0 atom stereocenters. The number of nitrogens with zero attached hydrogens (tertiary/aromatic N) is 5. The van der Waals surface area contributed by atoms with Gasteiger partial charge in [0.15, 0.2) is 17.4 Å². The number of hydrogen-bond donors (Lipinski definition) is 2. The third-order valence-corrected chi connectivity index (χ3v) is 5.17. The van der Waals surface area contributed by atoms with Crippen LogP contribution in [0.5, 0.6) is 0 Å². The molecule has 0 saturated carbocycles. The van der Waals surface area contributed by atoms with Crippen molar-refractivity contribution in [3.8, 4) is 0 Å². The predicted molar refractivity (Wildman–Crippen MR) is 133 cm³/mol. The van der Waals surface area contributed by atoms with E-state index in [0.717, 1.165) is 56.8 Å². The van der Waals surface area contributed by atoms with E-state index in [1.165, 1.54) is 11.1 Å². The smallest absolute Gasteiger partial charge is 0.191 e. The maximum Gasteiger partial charge on any atom is 0.191 e. The lowest BCUT2D eigenvalue weighted by Crippen LogP contribution is -2.37. The summed E-state index contributed by atoms with van der Waals surface area (Å²) in [5.74, 6) is 1.62. The van der Waals surface area contributed by atoms with E-state index in [0.29, 0.717) is 13.1 Å². The molecule has 2 N–H and O–H groups in total. The van der Waals surface area contributed by atoms with Crippen molar-refractivity contribution in [3.63, 3.8) is 0 Å². The number of aromatic nitrogens is 3. The van der Waals surface area contributed by atoms with Gasteiger partial charge in [-0.25, -0.2) is 4.99 Å². The number of pyridine rings is 1. The Morgan fingerprint density at radius 3 is 2.61 bits per heavy atom. The lowest BCUT2D eigenvalue weighted by molar-refractivity contribution is 0.0341. The molecule has 3 heterocycles. The zero-order chi connectivity index (χ0) is 20.6. The predicted octanol–water partition coefficient (Wildman–Crippen LogP) is 2.43. The molecule has 1 aromatic carbocycles. The van der Waals surface area contributed by atoms with E-state index in [4.69, 9.17) is 9.73 Å². The topological polar surface area (TPSA) is 79.1 Å². The first-order valence-corrected chi connectivity index (χ1v) is 10.5. The molecule has 8 nitrogen and oxygen atoms in total. The average Bonchev–Trinajstić information content (AvgIpc) is 3.20. The van der Waals surface area contributed by atoms with E-state index in [9.17, 15) is 0 Å². The molecule has 2 aromatic heterocycles. The fourth-order valence-electron chi connectivity index (χ4n) is 3.55. The lowest BCUT2D eigenvalue weighted by Gasteiger charge is -2.27. The highest BCUT2D eigenvalue weighted by atomic mass is 127. The number of aliphatic imine (C=N–C) groups is 1. The van der Waals surface area contributed by atoms with E-state index in [1.807, 2.05) is 28.8 Å². The molecule has 3 aromatic rings. The van der Waals surface area contributed by atoms with Gasteiger partial charge in [-0.05, 0) is 30.2 Å². The molecule has 31 heavy (non-hydrogen) atoms. The summed E-state index contributed by atoms with van der Waals surface area (Å²) in [7, 11) is 0. The van der Waals surface area contributed by atoms with Crippen LogP contribution in [0.4, 0.5) is 0 Å². The summed E-state index contributed by atoms with van der Waals surface area (Å²) in [6.07, 6.45) is 1.97. The Labute approximate surface area is 200 Å². The van der Waals surface area contributed by atoms with Crippen LogP contribution in [-0.4, -0.2) is 58.3 Å². The first kappa shape index (κ1) is 23.4. The molecule has 1 fully saturated rings. The van der Waals surface area contributed by atoms with Gasteiger partial charge in [0.25, 0.3) is 0 Å². The van der Waals surface area contributed by atoms with Crippen molar-refractivity contribution in [1.29, 1.82) is 0 Å². The normalized spacial score (nSPS) is 14.9. The molecule has 0 radical (unpaired) electrons. The minimum atomic E-state index is 0. The third kappa shape index (κ3) is 6.37. The second-order valence-corrected chi connectivity index (χ2v) is 7.25. The largest absolute Gasteiger partial charge is 0.379 e. The number of fused-ring (bicyclic) bond motifs is 1. The van der Waals surface area contributed by atoms with Crippen LogP contribution in [0.2, 0.25) is 0 Å². The number of morpholine rings is 1. The molecule has 9 heteroatoms. The number of rotatable bonds is 7. The van der Waals surface area contributed by atoms with Crippen molar-refractivity contribution in [2.75, 3.05) is 32.8 Å². The Bertz CT molecular complexity index is 985. The van der Waals surface area contributed by atoms with Gasteiger partial charge in [-0.2, -0.15) is 0 Å². The standard InChI is InChI=1S/C22H29N7O.HI/c1-2-23-22(25-16-21-27-26-20-9-5-6-10-29(20)21)24-15-18-7-3-4-8-19(18)17-28-11-13-30-14-12-28;/h3-10H,2,11-17H2,1H3,(H2,23,24,25);1H. The molecule has 1 aliphatic heterocycles. The van der Waals surface area contributed by atoms with Gasteiger partial charge in [-0.1, -0.05) is 30.3 Å². The zero-order valence-corrected chi connectivity index (χ0v) is 20.2. The van der Waals surface area contributed by atoms with Gasteiger partial charge in [0.2, 0.25) is 0 Å². The maximum atomic E-state index is 5.47. The van der Waals surface area contributed by atoms with Gasteiger partial charge in [0, 0.05) is 32.4 Å². The van der Waals surface area contributed by atoms with Crippen LogP contribution in [-0.2, 0) is 24.4 Å². The van der Waals surface area contributed by atoms with Crippen molar-refractivity contribution >= 4 is 35.6 Å². The van der Waals surface area contributed by atoms with Crippen LogP contribution in [0.15, 0.2) is 53.7 Å². The fourth-order valence-corrected chi connectivity index (χ4v) is 3.55. The molecule has 4 rings (SSSR count). The summed E-state index contributed by atoms with van der Waals surface area (Å²) in [5, 5.41) is 15.2. The molecule has 0 unspecified atom stereocenters. The minimum absolute atomic E-state index is 0. The van der Waals surface area contributed by atoms with Gasteiger partial charge in [0.1, 0.15) is 0 Å². The van der Waals surface area contributed by atoms with Crippen molar-refractivity contribution in [3.05, 3.63) is 65.6 Å². The number of hydrogen-bond acceptors (Lipinski definition) is 5. The molecule has 166 valence electrons. The van der Waals surface area contributed by atoms with Crippen LogP contribution in [0.3, 0.4) is 0 Å². The summed E-state index contributed by atoms with van der Waals surface area (Å²) in [4.78, 5) is 7.25. The summed E-state index contributed by atoms with van der Waals surface area (Å²) >= 11 is 0. The lowest BCUT2D eigenvalue weighted by atomic mass is 10.1. The SMILES string of the molecule is CCNC(=NCc1ccccc1CN1CCOCC1)NCc1nnc2ccccn12.I. The number of nitrogens with one attached hydrogen (secondary N) is 2. The van der Waals surface area contributed by atoms with Gasteiger partial charge in [-0.15, -0.1) is 34.2 Å². The highest BCUT2D eigenvalue weighted by Crippen LogP contribution is 2.14. The van der Waals surface area contributed by atoms with E-state index >= 15 is 0 Å². The average molecular weight is 535 g/mol. The number of ether oxygens (including phenoxy) is 1. The zero-order valence-electron chi connectivity index (χ0n) is 17.8. The summed E-state index contributed by atoms with van der Waals surface area (Å²) in [5.41, 5.74) is 3.41. The first-order chi connectivity index (χ1) is 14.8. The molecule has 0 bridgehead atoms. The van der Waals surface area contributed by atoms with Gasteiger partial charge in [-0.3, -0.25) is 9.30 Å². The van der Waals surface area contributed by atoms with Crippen LogP contribution in [0.25, 0.3) is 5.65 Å². The van der Waals surface area contributed by atoms with Gasteiger partial charge >= 0.3 is 0 Å². The first-order valence-electron chi connectivity index (χ1n) is 10.5. The van der Waals surface area contributed by atoms with Crippen molar-refractivity contribution in [2.45, 2.75) is 26.6 Å². The van der Waals surface area contributed by atoms with Crippen molar-refractivity contribution in [2.24, 2.45) is 4.99 Å². The number of guanidine groups is 1. The van der Waals surface area contributed by atoms with E-state index < -0.39 is 0 Å². The van der Waals surface area contributed by atoms with Gasteiger partial charge < -0.3 is 15.4 Å². The molecule has 0 amide bonds. The number of benzene rings is 1. The second kappa shape index (κ2) is 12.0. The summed E-state index contributed by atoms with van der Waals surface area (Å²) in [6.45, 7) is 8.55. The summed E-state index contributed by atoms with van der Waals surface area (Å²) < 4.78 is 7.45.